The molecule has 0 radical (unpaired) electrons. The molecule has 7 heteroatoms. The van der Waals surface area contributed by atoms with Gasteiger partial charge in [-0.2, -0.15) is 0 Å². The third-order valence-corrected chi connectivity index (χ3v) is 4.33. The first kappa shape index (κ1) is 13.8. The number of nitrogens with two attached hydrogens (primary N) is 1. The Morgan fingerprint density at radius 1 is 1.50 bits per heavy atom. The second-order valence-corrected chi connectivity index (χ2v) is 5.56. The van der Waals surface area contributed by atoms with Crippen molar-refractivity contribution in [3.63, 3.8) is 0 Å². The van der Waals surface area contributed by atoms with Crippen molar-refractivity contribution in [2.75, 3.05) is 37.6 Å². The smallest absolute Gasteiger partial charge is 0.266 e. The summed E-state index contributed by atoms with van der Waals surface area (Å²) in [6.45, 7) is 6.52. The third kappa shape index (κ3) is 2.83. The molecule has 18 heavy (non-hydrogen) atoms. The van der Waals surface area contributed by atoms with Crippen molar-refractivity contribution in [3.05, 3.63) is 20.3 Å². The number of piperazine rings is 1. The Balaban J connectivity index is 2.06. The lowest BCUT2D eigenvalue weighted by atomic mass is 10.2. The summed E-state index contributed by atoms with van der Waals surface area (Å²) < 4.78 is 0.662. The minimum absolute atomic E-state index is 0.0710. The van der Waals surface area contributed by atoms with Gasteiger partial charge in [0.05, 0.1) is 6.33 Å². The van der Waals surface area contributed by atoms with Crippen LogP contribution < -0.4 is 16.2 Å². The molecular weight excluding hydrogens is 345 g/mol. The highest BCUT2D eigenvalue weighted by atomic mass is 127. The van der Waals surface area contributed by atoms with E-state index in [0.29, 0.717) is 16.2 Å². The van der Waals surface area contributed by atoms with Crippen LogP contribution in [0.3, 0.4) is 0 Å². The number of anilines is 1. The van der Waals surface area contributed by atoms with Gasteiger partial charge >= 0.3 is 0 Å². The Hall–Kier alpha value is -0.670. The SMILES string of the molecule is CC(CN)N1CCN(c2nc[nH]c(=O)c2I)CC1. The lowest BCUT2D eigenvalue weighted by molar-refractivity contribution is 0.201. The maximum absolute atomic E-state index is 11.5. The number of hydrogen-bond donors (Lipinski definition) is 2. The van der Waals surface area contributed by atoms with Crippen molar-refractivity contribution in [2.45, 2.75) is 13.0 Å². The molecular formula is C11H18IN5O. The normalized spacial score (nSPS) is 18.9. The number of nitrogens with one attached hydrogen (secondary N) is 1. The van der Waals surface area contributed by atoms with Crippen LogP contribution in [0.15, 0.2) is 11.1 Å². The van der Waals surface area contributed by atoms with E-state index in [9.17, 15) is 4.79 Å². The van der Waals surface area contributed by atoms with Crippen LogP contribution in [0.1, 0.15) is 6.92 Å². The molecule has 0 spiro atoms. The van der Waals surface area contributed by atoms with Gasteiger partial charge in [-0.15, -0.1) is 0 Å². The first-order valence-corrected chi connectivity index (χ1v) is 7.13. The number of rotatable bonds is 3. The van der Waals surface area contributed by atoms with Crippen LogP contribution in [0.2, 0.25) is 0 Å². The highest BCUT2D eigenvalue weighted by molar-refractivity contribution is 14.1. The molecule has 1 aliphatic rings. The van der Waals surface area contributed by atoms with E-state index >= 15 is 0 Å². The number of halogens is 1. The zero-order valence-electron chi connectivity index (χ0n) is 10.4. The summed E-state index contributed by atoms with van der Waals surface area (Å²) in [4.78, 5) is 22.9. The van der Waals surface area contributed by atoms with Crippen molar-refractivity contribution in [1.29, 1.82) is 0 Å². The Kier molecular flexibility index (Phi) is 4.57. The predicted molar refractivity (Wildman–Crippen MR) is 79.9 cm³/mol. The maximum Gasteiger partial charge on any atom is 0.266 e. The van der Waals surface area contributed by atoms with Crippen molar-refractivity contribution in [1.82, 2.24) is 14.9 Å². The topological polar surface area (TPSA) is 78.2 Å². The van der Waals surface area contributed by atoms with Crippen LogP contribution in [0.5, 0.6) is 0 Å². The molecule has 1 saturated heterocycles. The molecule has 2 rings (SSSR count). The minimum Gasteiger partial charge on any atom is -0.353 e. The van der Waals surface area contributed by atoms with E-state index in [1.54, 1.807) is 0 Å². The monoisotopic (exact) mass is 363 g/mol. The number of H-pyrrole nitrogens is 1. The van der Waals surface area contributed by atoms with E-state index in [1.807, 2.05) is 0 Å². The van der Waals surface area contributed by atoms with Gasteiger partial charge < -0.3 is 15.6 Å². The lowest BCUT2D eigenvalue weighted by Gasteiger charge is -2.38. The van der Waals surface area contributed by atoms with E-state index in [2.05, 4.69) is 49.3 Å². The second-order valence-electron chi connectivity index (χ2n) is 4.48. The van der Waals surface area contributed by atoms with Crippen LogP contribution in [-0.2, 0) is 0 Å². The highest BCUT2D eigenvalue weighted by Crippen LogP contribution is 2.17. The number of aromatic amines is 1. The molecule has 0 aromatic carbocycles. The summed E-state index contributed by atoms with van der Waals surface area (Å²) in [7, 11) is 0. The number of aromatic nitrogens is 2. The van der Waals surface area contributed by atoms with Gasteiger partial charge in [0, 0.05) is 38.8 Å². The Morgan fingerprint density at radius 2 is 2.17 bits per heavy atom. The zero-order chi connectivity index (χ0) is 13.1. The van der Waals surface area contributed by atoms with E-state index < -0.39 is 0 Å². The lowest BCUT2D eigenvalue weighted by Crippen LogP contribution is -2.52. The summed E-state index contributed by atoms with van der Waals surface area (Å²) in [5.74, 6) is 0.791. The van der Waals surface area contributed by atoms with E-state index in [-0.39, 0.29) is 5.56 Å². The fourth-order valence-corrected chi connectivity index (χ4v) is 2.75. The van der Waals surface area contributed by atoms with Gasteiger partial charge in [0.15, 0.2) is 0 Å². The molecule has 0 saturated carbocycles. The fraction of sp³-hybridized carbons (Fsp3) is 0.636. The maximum atomic E-state index is 11.5. The van der Waals surface area contributed by atoms with E-state index in [4.69, 9.17) is 5.73 Å². The number of hydrogen-bond acceptors (Lipinski definition) is 5. The van der Waals surface area contributed by atoms with Crippen LogP contribution in [-0.4, -0.2) is 53.6 Å². The second kappa shape index (κ2) is 5.98. The summed E-state index contributed by atoms with van der Waals surface area (Å²) >= 11 is 2.05. The molecule has 1 fully saturated rings. The first-order chi connectivity index (χ1) is 8.63. The molecule has 0 aliphatic carbocycles. The fourth-order valence-electron chi connectivity index (χ4n) is 2.12. The van der Waals surface area contributed by atoms with Gasteiger partial charge in [-0.1, -0.05) is 0 Å². The average molecular weight is 363 g/mol. The van der Waals surface area contributed by atoms with E-state index in [0.717, 1.165) is 32.0 Å². The van der Waals surface area contributed by atoms with Crippen molar-refractivity contribution in [2.24, 2.45) is 5.73 Å². The summed E-state index contributed by atoms with van der Waals surface area (Å²) in [5, 5.41) is 0. The Bertz CT molecular complexity index is 455. The van der Waals surface area contributed by atoms with Crippen LogP contribution >= 0.6 is 22.6 Å². The van der Waals surface area contributed by atoms with Crippen LogP contribution in [0.25, 0.3) is 0 Å². The van der Waals surface area contributed by atoms with Gasteiger partial charge in [-0.05, 0) is 29.5 Å². The van der Waals surface area contributed by atoms with Crippen molar-refractivity contribution >= 4 is 28.4 Å². The third-order valence-electron chi connectivity index (χ3n) is 3.36. The standard InChI is InChI=1S/C11H18IN5O/c1-8(6-13)16-2-4-17(5-3-16)10-9(12)11(18)15-7-14-10/h7-8H,2-6,13H2,1H3,(H,14,15,18). The molecule has 1 aromatic heterocycles. The molecule has 1 unspecified atom stereocenters. The summed E-state index contributed by atoms with van der Waals surface area (Å²) in [5.41, 5.74) is 5.61. The van der Waals surface area contributed by atoms with Gasteiger partial charge in [0.2, 0.25) is 0 Å². The van der Waals surface area contributed by atoms with Gasteiger partial charge in [-0.3, -0.25) is 9.69 Å². The van der Waals surface area contributed by atoms with Crippen molar-refractivity contribution < 1.29 is 0 Å². The summed E-state index contributed by atoms with van der Waals surface area (Å²) in [6.07, 6.45) is 1.47. The zero-order valence-corrected chi connectivity index (χ0v) is 12.6. The molecule has 0 amide bonds. The number of nitrogens with zero attached hydrogens (tertiary/aromatic N) is 3. The molecule has 1 aromatic rings. The Labute approximate surface area is 120 Å². The van der Waals surface area contributed by atoms with Gasteiger partial charge in [-0.25, -0.2) is 4.98 Å². The molecule has 3 N–H and O–H groups in total. The molecule has 6 nitrogen and oxygen atoms in total. The largest absolute Gasteiger partial charge is 0.353 e. The van der Waals surface area contributed by atoms with E-state index in [1.165, 1.54) is 6.33 Å². The van der Waals surface area contributed by atoms with Crippen LogP contribution in [0.4, 0.5) is 5.82 Å². The first-order valence-electron chi connectivity index (χ1n) is 6.05. The molecule has 100 valence electrons. The summed E-state index contributed by atoms with van der Waals surface area (Å²) in [6, 6.07) is 0.415. The molecule has 1 atom stereocenters. The predicted octanol–water partition coefficient (Wildman–Crippen LogP) is -0.156. The highest BCUT2D eigenvalue weighted by Gasteiger charge is 2.22. The molecule has 2 heterocycles. The van der Waals surface area contributed by atoms with Gasteiger partial charge in [0.25, 0.3) is 5.56 Å². The van der Waals surface area contributed by atoms with Gasteiger partial charge in [0.1, 0.15) is 9.39 Å². The Morgan fingerprint density at radius 3 is 2.78 bits per heavy atom. The average Bonchev–Trinajstić information content (AvgIpc) is 2.41. The minimum atomic E-state index is -0.0710. The molecule has 0 bridgehead atoms. The molecule has 1 aliphatic heterocycles. The quantitative estimate of drug-likeness (QED) is 0.730. The van der Waals surface area contributed by atoms with Crippen LogP contribution in [0, 0.1) is 3.57 Å². The van der Waals surface area contributed by atoms with Crippen molar-refractivity contribution in [3.8, 4) is 0 Å².